The Kier molecular flexibility index (Phi) is 2.67. The normalized spacial score (nSPS) is 21.4. The summed E-state index contributed by atoms with van der Waals surface area (Å²) in [5.41, 5.74) is 0.789. The number of benzene rings is 1. The van der Waals surface area contributed by atoms with Crippen molar-refractivity contribution in [3.05, 3.63) is 28.8 Å². The molecule has 98 valence electrons. The average molecular weight is 281 g/mol. The van der Waals surface area contributed by atoms with Crippen LogP contribution < -0.4 is 10.2 Å². The first kappa shape index (κ1) is 12.0. The minimum atomic E-state index is -0.625. The maximum atomic E-state index is 11.9. The second kappa shape index (κ2) is 4.24. The van der Waals surface area contributed by atoms with Crippen molar-refractivity contribution >= 4 is 35.1 Å². The van der Waals surface area contributed by atoms with Gasteiger partial charge in [0, 0.05) is 5.02 Å². The van der Waals surface area contributed by atoms with Crippen LogP contribution in [0, 0.1) is 0 Å². The summed E-state index contributed by atoms with van der Waals surface area (Å²) in [7, 11) is 0. The van der Waals surface area contributed by atoms with Crippen LogP contribution in [0.2, 0.25) is 5.02 Å². The molecule has 0 spiro atoms. The molecule has 7 heteroatoms. The first-order valence-electron chi connectivity index (χ1n) is 5.66. The molecule has 0 bridgehead atoms. The standard InChI is InChI=1S/C12H9ClN2O4/c13-6-1-2-8-9(3-6)15(11(17)10(8)16)5-7-4-14-12(18)19-7/h1-3,7H,4-5H2,(H,14,18). The van der Waals surface area contributed by atoms with Gasteiger partial charge in [0.25, 0.3) is 11.7 Å². The molecule has 0 saturated carbocycles. The Hall–Kier alpha value is -2.08. The number of carbonyl (C=O) groups is 3. The van der Waals surface area contributed by atoms with E-state index in [0.717, 1.165) is 0 Å². The van der Waals surface area contributed by atoms with E-state index in [9.17, 15) is 14.4 Å². The number of rotatable bonds is 2. The monoisotopic (exact) mass is 280 g/mol. The molecule has 3 rings (SSSR count). The lowest BCUT2D eigenvalue weighted by atomic mass is 10.1. The molecular weight excluding hydrogens is 272 g/mol. The maximum absolute atomic E-state index is 11.9. The van der Waals surface area contributed by atoms with Crippen LogP contribution in [0.5, 0.6) is 0 Å². The number of ketones is 1. The third-order valence-corrected chi connectivity index (χ3v) is 3.30. The van der Waals surface area contributed by atoms with Crippen molar-refractivity contribution in [3.8, 4) is 0 Å². The van der Waals surface area contributed by atoms with Gasteiger partial charge in [0.05, 0.1) is 24.3 Å². The zero-order valence-corrected chi connectivity index (χ0v) is 10.4. The van der Waals surface area contributed by atoms with Crippen LogP contribution in [0.4, 0.5) is 10.5 Å². The van der Waals surface area contributed by atoms with E-state index in [-0.39, 0.29) is 6.54 Å². The minimum Gasteiger partial charge on any atom is -0.442 e. The Balaban J connectivity index is 1.90. The van der Waals surface area contributed by atoms with Crippen LogP contribution >= 0.6 is 11.6 Å². The summed E-state index contributed by atoms with van der Waals surface area (Å²) in [5, 5.41) is 2.93. The fraction of sp³-hybridized carbons (Fsp3) is 0.250. The predicted molar refractivity (Wildman–Crippen MR) is 66.4 cm³/mol. The van der Waals surface area contributed by atoms with E-state index in [4.69, 9.17) is 16.3 Å². The van der Waals surface area contributed by atoms with E-state index in [1.807, 2.05) is 0 Å². The second-order valence-electron chi connectivity index (χ2n) is 4.31. The summed E-state index contributed by atoms with van der Waals surface area (Å²) in [6, 6.07) is 4.65. The summed E-state index contributed by atoms with van der Waals surface area (Å²) in [5.74, 6) is -1.19. The van der Waals surface area contributed by atoms with Gasteiger partial charge in [0.2, 0.25) is 0 Å². The highest BCUT2D eigenvalue weighted by atomic mass is 35.5. The van der Waals surface area contributed by atoms with Gasteiger partial charge in [-0.2, -0.15) is 0 Å². The van der Waals surface area contributed by atoms with Gasteiger partial charge in [-0.3, -0.25) is 9.59 Å². The van der Waals surface area contributed by atoms with E-state index >= 15 is 0 Å². The van der Waals surface area contributed by atoms with Gasteiger partial charge in [-0.15, -0.1) is 0 Å². The number of nitrogens with zero attached hydrogens (tertiary/aromatic N) is 1. The maximum Gasteiger partial charge on any atom is 0.407 e. The molecule has 1 saturated heterocycles. The number of ether oxygens (including phenoxy) is 1. The van der Waals surface area contributed by atoms with Crippen LogP contribution in [0.1, 0.15) is 10.4 Å². The van der Waals surface area contributed by atoms with Gasteiger partial charge in [-0.25, -0.2) is 4.79 Å². The Morgan fingerprint density at radius 1 is 1.37 bits per heavy atom. The fourth-order valence-electron chi connectivity index (χ4n) is 2.19. The third kappa shape index (κ3) is 1.94. The SMILES string of the molecule is O=C1NCC(CN2C(=O)C(=O)c3ccc(Cl)cc32)O1. The van der Waals surface area contributed by atoms with Gasteiger partial charge >= 0.3 is 6.09 Å². The highest BCUT2D eigenvalue weighted by molar-refractivity contribution is 6.52. The van der Waals surface area contributed by atoms with Crippen molar-refractivity contribution in [2.75, 3.05) is 18.0 Å². The lowest BCUT2D eigenvalue weighted by molar-refractivity contribution is -0.114. The molecule has 2 amide bonds. The van der Waals surface area contributed by atoms with E-state index in [1.165, 1.54) is 11.0 Å². The molecule has 1 N–H and O–H groups in total. The molecule has 1 aromatic rings. The molecule has 2 aliphatic rings. The second-order valence-corrected chi connectivity index (χ2v) is 4.75. The Labute approximate surface area is 113 Å². The predicted octanol–water partition coefficient (Wildman–Crippen LogP) is 0.978. The van der Waals surface area contributed by atoms with Gasteiger partial charge in [0.15, 0.2) is 0 Å². The van der Waals surface area contributed by atoms with E-state index in [0.29, 0.717) is 22.8 Å². The summed E-state index contributed by atoms with van der Waals surface area (Å²) in [6.07, 6.45) is -0.983. The lowest BCUT2D eigenvalue weighted by Gasteiger charge is -2.19. The van der Waals surface area contributed by atoms with Gasteiger partial charge < -0.3 is 15.0 Å². The molecule has 0 aromatic heterocycles. The summed E-state index contributed by atoms with van der Waals surface area (Å²) in [4.78, 5) is 36.0. The Bertz CT molecular complexity index is 601. The largest absolute Gasteiger partial charge is 0.442 e. The number of alkyl carbamates (subject to hydrolysis) is 1. The third-order valence-electron chi connectivity index (χ3n) is 3.07. The molecule has 0 radical (unpaired) electrons. The highest BCUT2D eigenvalue weighted by Crippen LogP contribution is 2.31. The number of hydrogen-bond donors (Lipinski definition) is 1. The van der Waals surface area contributed by atoms with Crippen molar-refractivity contribution in [1.82, 2.24) is 5.32 Å². The minimum absolute atomic E-state index is 0.136. The Morgan fingerprint density at radius 3 is 2.84 bits per heavy atom. The van der Waals surface area contributed by atoms with E-state index in [1.54, 1.807) is 12.1 Å². The molecular formula is C12H9ClN2O4. The molecule has 0 aliphatic carbocycles. The molecule has 19 heavy (non-hydrogen) atoms. The summed E-state index contributed by atoms with van der Waals surface area (Å²) < 4.78 is 4.96. The smallest absolute Gasteiger partial charge is 0.407 e. The van der Waals surface area contributed by atoms with Gasteiger partial charge in [-0.05, 0) is 18.2 Å². The number of carbonyl (C=O) groups excluding carboxylic acids is 3. The fourth-order valence-corrected chi connectivity index (χ4v) is 2.35. The summed E-state index contributed by atoms with van der Waals surface area (Å²) in [6.45, 7) is 0.448. The molecule has 1 atom stereocenters. The molecule has 1 aromatic carbocycles. The number of halogens is 1. The zero-order chi connectivity index (χ0) is 13.6. The van der Waals surface area contributed by atoms with Crippen LogP contribution in [-0.2, 0) is 9.53 Å². The number of nitrogens with one attached hydrogen (secondary N) is 1. The number of cyclic esters (lactones) is 1. The van der Waals surface area contributed by atoms with Crippen LogP contribution in [0.3, 0.4) is 0 Å². The van der Waals surface area contributed by atoms with Crippen molar-refractivity contribution < 1.29 is 19.1 Å². The van der Waals surface area contributed by atoms with Crippen LogP contribution in [0.15, 0.2) is 18.2 Å². The van der Waals surface area contributed by atoms with Crippen molar-refractivity contribution in [1.29, 1.82) is 0 Å². The van der Waals surface area contributed by atoms with Crippen molar-refractivity contribution in [3.63, 3.8) is 0 Å². The molecule has 6 nitrogen and oxygen atoms in total. The average Bonchev–Trinajstić information content (AvgIpc) is 2.88. The highest BCUT2D eigenvalue weighted by Gasteiger charge is 2.38. The number of anilines is 1. The van der Waals surface area contributed by atoms with Crippen molar-refractivity contribution in [2.45, 2.75) is 6.10 Å². The molecule has 2 heterocycles. The lowest BCUT2D eigenvalue weighted by Crippen LogP contribution is -2.38. The molecule has 1 fully saturated rings. The van der Waals surface area contributed by atoms with E-state index in [2.05, 4.69) is 5.32 Å². The van der Waals surface area contributed by atoms with Gasteiger partial charge in [0.1, 0.15) is 6.10 Å². The topological polar surface area (TPSA) is 75.7 Å². The van der Waals surface area contributed by atoms with E-state index < -0.39 is 23.9 Å². The molecule has 2 aliphatic heterocycles. The number of fused-ring (bicyclic) bond motifs is 1. The first-order valence-corrected chi connectivity index (χ1v) is 6.04. The first-order chi connectivity index (χ1) is 9.06. The zero-order valence-electron chi connectivity index (χ0n) is 9.68. The van der Waals surface area contributed by atoms with Gasteiger partial charge in [-0.1, -0.05) is 11.6 Å². The Morgan fingerprint density at radius 2 is 2.16 bits per heavy atom. The van der Waals surface area contributed by atoms with Crippen molar-refractivity contribution in [2.24, 2.45) is 0 Å². The number of hydrogen-bond acceptors (Lipinski definition) is 4. The molecule has 1 unspecified atom stereocenters. The van der Waals surface area contributed by atoms with Crippen LogP contribution in [-0.4, -0.2) is 37.0 Å². The quantitative estimate of drug-likeness (QED) is 0.819. The summed E-state index contributed by atoms with van der Waals surface area (Å²) >= 11 is 5.88. The van der Waals surface area contributed by atoms with Crippen LogP contribution in [0.25, 0.3) is 0 Å². The number of amides is 2. The number of Topliss-reactive ketones (excluding diaryl/α,β-unsaturated/α-hetero) is 1.